The third kappa shape index (κ3) is 5.37. The molecule has 0 bridgehead atoms. The molecule has 9 heteroatoms. The van der Waals surface area contributed by atoms with Crippen molar-refractivity contribution >= 4 is 41.3 Å². The van der Waals surface area contributed by atoms with Crippen molar-refractivity contribution in [2.24, 2.45) is 5.10 Å². The van der Waals surface area contributed by atoms with Crippen molar-refractivity contribution in [2.45, 2.75) is 0 Å². The van der Waals surface area contributed by atoms with Gasteiger partial charge in [-0.15, -0.1) is 0 Å². The van der Waals surface area contributed by atoms with Gasteiger partial charge in [-0.1, -0.05) is 35.3 Å². The maximum absolute atomic E-state index is 11.8. The number of nitrogens with one attached hydrogen (secondary N) is 1. The minimum Gasteiger partial charge on any atom is -0.482 e. The van der Waals surface area contributed by atoms with Crippen LogP contribution in [0.25, 0.3) is 11.3 Å². The van der Waals surface area contributed by atoms with Crippen LogP contribution in [0, 0.1) is 0 Å². The zero-order valence-electron chi connectivity index (χ0n) is 14.8. The average molecular weight is 433 g/mol. The highest BCUT2D eigenvalue weighted by molar-refractivity contribution is 6.33. The summed E-state index contributed by atoms with van der Waals surface area (Å²) < 4.78 is 10.9. The largest absolute Gasteiger partial charge is 0.482 e. The summed E-state index contributed by atoms with van der Waals surface area (Å²) in [5.74, 6) is -0.422. The van der Waals surface area contributed by atoms with E-state index in [0.29, 0.717) is 27.9 Å². The van der Waals surface area contributed by atoms with E-state index in [2.05, 4.69) is 10.5 Å². The Morgan fingerprint density at radius 3 is 2.66 bits per heavy atom. The summed E-state index contributed by atoms with van der Waals surface area (Å²) in [5, 5.41) is 13.5. The summed E-state index contributed by atoms with van der Waals surface area (Å²) in [5.41, 5.74) is 2.83. The fourth-order valence-electron chi connectivity index (χ4n) is 2.33. The first kappa shape index (κ1) is 20.4. The number of carbonyl (C=O) groups excluding carboxylic acids is 1. The molecule has 0 fully saturated rings. The molecule has 3 aromatic rings. The predicted octanol–water partition coefficient (Wildman–Crippen LogP) is 4.48. The molecule has 2 N–H and O–H groups in total. The zero-order valence-corrected chi connectivity index (χ0v) is 16.3. The number of halogens is 2. The molecule has 148 valence electrons. The first-order valence-corrected chi connectivity index (χ1v) is 9.02. The van der Waals surface area contributed by atoms with Gasteiger partial charge in [0.15, 0.2) is 6.61 Å². The molecule has 0 aliphatic heterocycles. The summed E-state index contributed by atoms with van der Waals surface area (Å²) in [6.45, 7) is -0.257. The van der Waals surface area contributed by atoms with Gasteiger partial charge < -0.3 is 14.3 Å². The highest BCUT2D eigenvalue weighted by atomic mass is 35.5. The molecule has 0 aliphatic carbocycles. The molecular weight excluding hydrogens is 419 g/mol. The van der Waals surface area contributed by atoms with E-state index in [-0.39, 0.29) is 17.2 Å². The Bertz CT molecular complexity index is 1080. The Morgan fingerprint density at radius 1 is 1.10 bits per heavy atom. The number of carboxylic acid groups (broad SMARTS) is 1. The Hall–Kier alpha value is -3.29. The smallest absolute Gasteiger partial charge is 0.337 e. The van der Waals surface area contributed by atoms with Crippen LogP contribution in [0.1, 0.15) is 16.1 Å². The van der Waals surface area contributed by atoms with Crippen molar-refractivity contribution in [2.75, 3.05) is 6.61 Å². The van der Waals surface area contributed by atoms with Crippen molar-refractivity contribution in [3.8, 4) is 17.1 Å². The number of furan rings is 1. The Morgan fingerprint density at radius 2 is 1.90 bits per heavy atom. The number of hydrogen-bond donors (Lipinski definition) is 2. The third-order valence-corrected chi connectivity index (χ3v) is 4.33. The second-order valence-corrected chi connectivity index (χ2v) is 6.53. The molecule has 0 saturated carbocycles. The minimum atomic E-state index is -1.13. The molecule has 3 rings (SSSR count). The van der Waals surface area contributed by atoms with Crippen LogP contribution in [-0.2, 0) is 4.79 Å². The van der Waals surface area contributed by atoms with Crippen LogP contribution in [0.4, 0.5) is 0 Å². The van der Waals surface area contributed by atoms with E-state index in [1.807, 2.05) is 0 Å². The number of carbonyl (C=O) groups is 2. The first-order chi connectivity index (χ1) is 13.9. The molecule has 1 heterocycles. The fourth-order valence-corrected chi connectivity index (χ4v) is 2.71. The van der Waals surface area contributed by atoms with E-state index in [4.69, 9.17) is 37.5 Å². The molecule has 0 radical (unpaired) electrons. The number of benzene rings is 2. The Balaban J connectivity index is 1.58. The second-order valence-electron chi connectivity index (χ2n) is 5.71. The van der Waals surface area contributed by atoms with Crippen LogP contribution in [0.15, 0.2) is 64.1 Å². The second kappa shape index (κ2) is 9.27. The van der Waals surface area contributed by atoms with Gasteiger partial charge in [-0.2, -0.15) is 5.10 Å². The van der Waals surface area contributed by atoms with E-state index in [1.165, 1.54) is 18.3 Å². The number of rotatable bonds is 7. The van der Waals surface area contributed by atoms with Gasteiger partial charge in [0, 0.05) is 5.56 Å². The van der Waals surface area contributed by atoms with E-state index >= 15 is 0 Å². The number of aromatic carboxylic acids is 1. The molecule has 1 amide bonds. The summed E-state index contributed by atoms with van der Waals surface area (Å²) in [4.78, 5) is 23.0. The maximum Gasteiger partial charge on any atom is 0.337 e. The number of amides is 1. The van der Waals surface area contributed by atoms with Crippen molar-refractivity contribution in [1.82, 2.24) is 5.43 Å². The lowest BCUT2D eigenvalue weighted by Crippen LogP contribution is -2.24. The lowest BCUT2D eigenvalue weighted by Gasteiger charge is -2.06. The van der Waals surface area contributed by atoms with Crippen molar-refractivity contribution in [1.29, 1.82) is 0 Å². The predicted molar refractivity (Wildman–Crippen MR) is 109 cm³/mol. The van der Waals surface area contributed by atoms with Crippen LogP contribution >= 0.6 is 23.2 Å². The summed E-state index contributed by atoms with van der Waals surface area (Å²) in [7, 11) is 0. The number of hydrogen-bond acceptors (Lipinski definition) is 5. The van der Waals surface area contributed by atoms with E-state index in [1.54, 1.807) is 42.5 Å². The average Bonchev–Trinajstić information content (AvgIpc) is 3.16. The molecule has 1 aromatic heterocycles. The monoisotopic (exact) mass is 432 g/mol. The molecule has 0 atom stereocenters. The molecule has 0 saturated heterocycles. The lowest BCUT2D eigenvalue weighted by molar-refractivity contribution is -0.123. The Labute approximate surface area is 175 Å². The third-order valence-electron chi connectivity index (χ3n) is 3.68. The zero-order chi connectivity index (χ0) is 20.8. The standard InChI is InChI=1S/C20H14Cl2N2O5/c21-15-7-5-12(9-14(15)20(26)27)17-8-6-13(29-17)10-23-24-19(25)11-28-18-4-2-1-3-16(18)22/h1-10H,11H2,(H,24,25)(H,26,27)/b23-10-. The fraction of sp³-hybridized carbons (Fsp3) is 0.0500. The topological polar surface area (TPSA) is 101 Å². The lowest BCUT2D eigenvalue weighted by atomic mass is 10.1. The van der Waals surface area contributed by atoms with E-state index in [9.17, 15) is 9.59 Å². The number of ether oxygens (including phenoxy) is 1. The highest BCUT2D eigenvalue weighted by Gasteiger charge is 2.12. The van der Waals surface area contributed by atoms with Crippen LogP contribution in [0.2, 0.25) is 10.0 Å². The van der Waals surface area contributed by atoms with Crippen LogP contribution in [0.3, 0.4) is 0 Å². The number of hydrazone groups is 1. The Kier molecular flexibility index (Phi) is 6.54. The molecular formula is C20H14Cl2N2O5. The SMILES string of the molecule is O=C(COc1ccccc1Cl)N/N=C\c1ccc(-c2ccc(Cl)c(C(=O)O)c2)o1. The van der Waals surface area contributed by atoms with Gasteiger partial charge in [0.2, 0.25) is 0 Å². The molecule has 0 aliphatic rings. The molecule has 0 unspecified atom stereocenters. The molecule has 7 nitrogen and oxygen atoms in total. The van der Waals surface area contributed by atoms with Gasteiger partial charge >= 0.3 is 5.97 Å². The van der Waals surface area contributed by atoms with Crippen molar-refractivity contribution in [3.05, 3.63) is 76.0 Å². The first-order valence-electron chi connectivity index (χ1n) is 8.26. The van der Waals surface area contributed by atoms with Gasteiger partial charge in [0.25, 0.3) is 5.91 Å². The van der Waals surface area contributed by atoms with Gasteiger partial charge in [-0.05, 0) is 42.5 Å². The summed E-state index contributed by atoms with van der Waals surface area (Å²) in [6.07, 6.45) is 1.31. The summed E-state index contributed by atoms with van der Waals surface area (Å²) >= 11 is 11.8. The van der Waals surface area contributed by atoms with Crippen molar-refractivity contribution in [3.63, 3.8) is 0 Å². The normalized spacial score (nSPS) is 10.8. The number of carboxylic acids is 1. The maximum atomic E-state index is 11.8. The van der Waals surface area contributed by atoms with Gasteiger partial charge in [-0.3, -0.25) is 4.79 Å². The van der Waals surface area contributed by atoms with Crippen LogP contribution < -0.4 is 10.2 Å². The molecule has 29 heavy (non-hydrogen) atoms. The van der Waals surface area contributed by atoms with Gasteiger partial charge in [-0.25, -0.2) is 10.2 Å². The number of para-hydroxylation sites is 1. The highest BCUT2D eigenvalue weighted by Crippen LogP contribution is 2.26. The quantitative estimate of drug-likeness (QED) is 0.423. The van der Waals surface area contributed by atoms with Gasteiger partial charge in [0.05, 0.1) is 21.8 Å². The van der Waals surface area contributed by atoms with E-state index in [0.717, 1.165) is 0 Å². The molecule has 2 aromatic carbocycles. The van der Waals surface area contributed by atoms with Crippen LogP contribution in [0.5, 0.6) is 5.75 Å². The minimum absolute atomic E-state index is 0.0263. The molecule has 0 spiro atoms. The van der Waals surface area contributed by atoms with Gasteiger partial charge in [0.1, 0.15) is 17.3 Å². The summed E-state index contributed by atoms with van der Waals surface area (Å²) in [6, 6.07) is 14.6. The number of nitrogens with zero attached hydrogens (tertiary/aromatic N) is 1. The van der Waals surface area contributed by atoms with Crippen molar-refractivity contribution < 1.29 is 23.8 Å². The van der Waals surface area contributed by atoms with Crippen LogP contribution in [-0.4, -0.2) is 29.8 Å². The van der Waals surface area contributed by atoms with E-state index < -0.39 is 11.9 Å².